The van der Waals surface area contributed by atoms with Gasteiger partial charge in [-0.15, -0.1) is 0 Å². The minimum absolute atomic E-state index is 0.00702. The van der Waals surface area contributed by atoms with Gasteiger partial charge in [-0.3, -0.25) is 9.59 Å². The van der Waals surface area contributed by atoms with Crippen LogP contribution in [0.3, 0.4) is 0 Å². The zero-order valence-electron chi connectivity index (χ0n) is 18.2. The number of carbonyl (C=O) groups is 2. The molecule has 3 aromatic rings. The Kier molecular flexibility index (Phi) is 5.50. The Bertz CT molecular complexity index is 1690. The van der Waals surface area contributed by atoms with Gasteiger partial charge in [-0.1, -0.05) is 78.9 Å². The Morgan fingerprint density at radius 3 is 1.97 bits per heavy atom. The topological polar surface area (TPSA) is 102 Å². The average Bonchev–Trinajstić information content (AvgIpc) is 3.18. The number of ketones is 2. The predicted molar refractivity (Wildman–Crippen MR) is 131 cm³/mol. The number of sulfone groups is 2. The lowest BCUT2D eigenvalue weighted by Crippen LogP contribution is -2.19. The summed E-state index contributed by atoms with van der Waals surface area (Å²) in [6.45, 7) is 0. The van der Waals surface area contributed by atoms with Gasteiger partial charge in [0.05, 0.1) is 9.79 Å². The second-order valence-corrected chi connectivity index (χ2v) is 12.0. The van der Waals surface area contributed by atoms with Gasteiger partial charge in [0, 0.05) is 11.1 Å². The van der Waals surface area contributed by atoms with Crippen molar-refractivity contribution in [1.29, 1.82) is 0 Å². The van der Waals surface area contributed by atoms with Gasteiger partial charge in [0.15, 0.2) is 15.6 Å². The number of hydrogen-bond donors (Lipinski definition) is 0. The molecule has 0 radical (unpaired) electrons. The summed E-state index contributed by atoms with van der Waals surface area (Å²) in [4.78, 5) is 25.1. The van der Waals surface area contributed by atoms with Crippen LogP contribution >= 0.6 is 0 Å². The van der Waals surface area contributed by atoms with E-state index in [-0.39, 0.29) is 25.8 Å². The number of benzene rings is 3. The molecule has 0 fully saturated rings. The van der Waals surface area contributed by atoms with Gasteiger partial charge in [-0.25, -0.2) is 16.8 Å². The Hall–Kier alpha value is -3.88. The summed E-state index contributed by atoms with van der Waals surface area (Å²) in [5.74, 6) is -1.12. The van der Waals surface area contributed by atoms with E-state index in [1.54, 1.807) is 54.6 Å². The Labute approximate surface area is 202 Å². The molecule has 6 nitrogen and oxygen atoms in total. The van der Waals surface area contributed by atoms with Crippen LogP contribution in [-0.4, -0.2) is 33.7 Å². The van der Waals surface area contributed by atoms with E-state index < -0.39 is 36.5 Å². The summed E-state index contributed by atoms with van der Waals surface area (Å²) in [6, 6.07) is 20.9. The van der Waals surface area contributed by atoms with Gasteiger partial charge < -0.3 is 0 Å². The van der Waals surface area contributed by atoms with Crippen LogP contribution in [0, 0.1) is 0 Å². The zero-order valence-corrected chi connectivity index (χ0v) is 19.8. The van der Waals surface area contributed by atoms with Crippen LogP contribution in [0.2, 0.25) is 0 Å². The summed E-state index contributed by atoms with van der Waals surface area (Å²) < 4.78 is 51.7. The molecule has 8 heteroatoms. The first-order valence-electron chi connectivity index (χ1n) is 10.6. The van der Waals surface area contributed by atoms with Crippen LogP contribution in [0.4, 0.5) is 0 Å². The molecular weight excluding hydrogens is 484 g/mol. The highest BCUT2D eigenvalue weighted by Gasteiger charge is 2.42. The van der Waals surface area contributed by atoms with E-state index >= 15 is 0 Å². The van der Waals surface area contributed by atoms with Crippen molar-refractivity contribution in [2.24, 2.45) is 0 Å². The van der Waals surface area contributed by atoms with Gasteiger partial charge >= 0.3 is 0 Å². The molecule has 0 aromatic heterocycles. The number of fused-ring (bicyclic) bond motifs is 2. The number of rotatable bonds is 4. The molecule has 0 aliphatic carbocycles. The summed E-state index contributed by atoms with van der Waals surface area (Å²) in [6.07, 6.45) is 5.44. The Morgan fingerprint density at radius 2 is 1.31 bits per heavy atom. The van der Waals surface area contributed by atoms with Gasteiger partial charge in [0.1, 0.15) is 10.2 Å². The van der Waals surface area contributed by atoms with E-state index in [4.69, 9.17) is 0 Å². The third kappa shape index (κ3) is 3.71. The molecule has 0 saturated heterocycles. The van der Waals surface area contributed by atoms with E-state index in [2.05, 4.69) is 0 Å². The molecule has 0 bridgehead atoms. The van der Waals surface area contributed by atoms with Crippen LogP contribution in [0.5, 0.6) is 0 Å². The first kappa shape index (κ1) is 22.9. The van der Waals surface area contributed by atoms with Crippen LogP contribution < -0.4 is 0 Å². The van der Waals surface area contributed by atoms with E-state index in [9.17, 15) is 26.4 Å². The lowest BCUT2D eigenvalue weighted by atomic mass is 10.0. The SMILES string of the molecule is O=C1/C(=C/C=C(/C=C/C2C(=O)c3ccccc3S2(=O)=O)c2ccccc2)S(=O)(=O)c2ccccc21. The maximum absolute atomic E-state index is 12.9. The normalized spacial score (nSPS) is 21.4. The molecule has 2 aliphatic heterocycles. The summed E-state index contributed by atoms with van der Waals surface area (Å²) in [5.41, 5.74) is 1.36. The maximum Gasteiger partial charge on any atom is 0.211 e. The van der Waals surface area contributed by atoms with Crippen molar-refractivity contribution in [3.05, 3.63) is 125 Å². The lowest BCUT2D eigenvalue weighted by Gasteiger charge is -2.05. The number of hydrogen-bond acceptors (Lipinski definition) is 6. The van der Waals surface area contributed by atoms with E-state index in [0.29, 0.717) is 11.1 Å². The molecule has 174 valence electrons. The standard InChI is InChI=1S/C27H18O6S2/c28-26-20-10-4-6-12-22(20)34(30,31)24(26)16-14-19(18-8-2-1-3-9-18)15-17-25-27(29)21-11-5-7-13-23(21)35(25,32)33/h1-17,24H/b16-14+,19-15-,25-17-. The van der Waals surface area contributed by atoms with Crippen LogP contribution in [0.15, 0.2) is 118 Å². The van der Waals surface area contributed by atoms with Crippen LogP contribution in [0.25, 0.3) is 5.57 Å². The van der Waals surface area contributed by atoms with Gasteiger partial charge in [0.25, 0.3) is 0 Å². The van der Waals surface area contributed by atoms with Gasteiger partial charge in [-0.2, -0.15) is 0 Å². The second kappa shape index (κ2) is 8.41. The fourth-order valence-corrected chi connectivity index (χ4v) is 7.46. The molecule has 1 atom stereocenters. The molecule has 0 N–H and O–H groups in total. The molecule has 5 rings (SSSR count). The Balaban J connectivity index is 1.58. The zero-order chi connectivity index (χ0) is 24.8. The smallest absolute Gasteiger partial charge is 0.211 e. The third-order valence-electron chi connectivity index (χ3n) is 5.96. The fourth-order valence-electron chi connectivity index (χ4n) is 4.20. The summed E-state index contributed by atoms with van der Waals surface area (Å²) >= 11 is 0. The van der Waals surface area contributed by atoms with Crippen LogP contribution in [-0.2, 0) is 19.7 Å². The largest absolute Gasteiger partial charge is 0.292 e. The molecule has 0 amide bonds. The van der Waals surface area contributed by atoms with E-state index in [1.165, 1.54) is 48.6 Å². The molecular formula is C27H18O6S2. The molecule has 35 heavy (non-hydrogen) atoms. The van der Waals surface area contributed by atoms with Crippen LogP contribution in [0.1, 0.15) is 26.3 Å². The monoisotopic (exact) mass is 502 g/mol. The fraction of sp³-hybridized carbons (Fsp3) is 0.0370. The van der Waals surface area contributed by atoms with Gasteiger partial charge in [-0.05, 0) is 35.4 Å². The number of carbonyl (C=O) groups excluding carboxylic acids is 2. The number of allylic oxidation sites excluding steroid dienone is 5. The molecule has 1 unspecified atom stereocenters. The van der Waals surface area contributed by atoms with Crippen molar-refractivity contribution in [2.75, 3.05) is 0 Å². The van der Waals surface area contributed by atoms with Crippen molar-refractivity contribution in [2.45, 2.75) is 15.0 Å². The highest BCUT2D eigenvalue weighted by Crippen LogP contribution is 2.35. The number of Topliss-reactive ketones (excluding diaryl/α,β-unsaturated/α-hetero) is 2. The summed E-state index contributed by atoms with van der Waals surface area (Å²) in [7, 11) is -7.87. The van der Waals surface area contributed by atoms with Gasteiger partial charge in [0.2, 0.25) is 15.6 Å². The maximum atomic E-state index is 12.9. The van der Waals surface area contributed by atoms with Crippen molar-refractivity contribution < 1.29 is 26.4 Å². The quantitative estimate of drug-likeness (QED) is 0.391. The minimum Gasteiger partial charge on any atom is -0.292 e. The van der Waals surface area contributed by atoms with Crippen molar-refractivity contribution in [3.63, 3.8) is 0 Å². The molecule has 0 spiro atoms. The minimum atomic E-state index is -3.97. The first-order valence-corrected chi connectivity index (χ1v) is 13.7. The predicted octanol–water partition coefficient (Wildman–Crippen LogP) is 4.22. The average molecular weight is 503 g/mol. The van der Waals surface area contributed by atoms with E-state index in [1.807, 2.05) is 0 Å². The first-order chi connectivity index (χ1) is 16.7. The highest BCUT2D eigenvalue weighted by atomic mass is 32.2. The summed E-state index contributed by atoms with van der Waals surface area (Å²) in [5, 5.41) is -1.39. The third-order valence-corrected chi connectivity index (χ3v) is 9.80. The second-order valence-electron chi connectivity index (χ2n) is 8.03. The van der Waals surface area contributed by atoms with E-state index in [0.717, 1.165) is 0 Å². The molecule has 2 aliphatic rings. The molecule has 3 aromatic carbocycles. The van der Waals surface area contributed by atoms with Crippen molar-refractivity contribution in [3.8, 4) is 0 Å². The van der Waals surface area contributed by atoms with Crippen molar-refractivity contribution in [1.82, 2.24) is 0 Å². The highest BCUT2D eigenvalue weighted by molar-refractivity contribution is 7.97. The van der Waals surface area contributed by atoms with Crippen molar-refractivity contribution >= 4 is 36.8 Å². The molecule has 0 saturated carbocycles. The molecule has 2 heterocycles. The Morgan fingerprint density at radius 1 is 0.714 bits per heavy atom. The lowest BCUT2D eigenvalue weighted by molar-refractivity contribution is 0.1000.